The molecule has 0 aromatic heterocycles. The first kappa shape index (κ1) is 9.34. The zero-order valence-electron chi connectivity index (χ0n) is 7.14. The van der Waals surface area contributed by atoms with Crippen molar-refractivity contribution in [2.75, 3.05) is 6.54 Å². The summed E-state index contributed by atoms with van der Waals surface area (Å²) in [6.45, 7) is 7.98. The number of rotatable bonds is 3. The number of nitrogens with zero attached hydrogens (tertiary/aromatic N) is 1. The van der Waals surface area contributed by atoms with Gasteiger partial charge in [0.15, 0.2) is 5.78 Å². The molecule has 2 heteroatoms. The molecule has 0 rings (SSSR count). The van der Waals surface area contributed by atoms with E-state index < -0.39 is 0 Å². The van der Waals surface area contributed by atoms with E-state index >= 15 is 0 Å². The molecule has 0 spiro atoms. The number of Topliss-reactive ketones (excluding diaryl/α,β-unsaturated/α-hetero) is 1. The minimum Gasteiger partial charge on any atom is -0.298 e. The third-order valence-corrected chi connectivity index (χ3v) is 1.39. The first-order chi connectivity index (χ1) is 4.54. The Morgan fingerprint density at radius 1 is 1.40 bits per heavy atom. The summed E-state index contributed by atoms with van der Waals surface area (Å²) in [6, 6.07) is 0. The Kier molecular flexibility index (Phi) is 3.93. The van der Waals surface area contributed by atoms with E-state index in [2.05, 4.69) is 18.8 Å². The van der Waals surface area contributed by atoms with Gasteiger partial charge in [0.05, 0.1) is 6.54 Å². The molecule has 2 nitrogen and oxygen atoms in total. The van der Waals surface area contributed by atoms with Gasteiger partial charge in [-0.25, -0.2) is 0 Å². The van der Waals surface area contributed by atoms with Crippen molar-refractivity contribution < 1.29 is 4.79 Å². The summed E-state index contributed by atoms with van der Waals surface area (Å²) in [7, 11) is 0. The highest BCUT2D eigenvalue weighted by Crippen LogP contribution is 1.95. The van der Waals surface area contributed by atoms with E-state index in [4.69, 9.17) is 0 Å². The zero-order valence-corrected chi connectivity index (χ0v) is 7.14. The second-order valence-corrected chi connectivity index (χ2v) is 2.81. The molecular formula is C8H15NO. The molecule has 0 aromatic rings. The second kappa shape index (κ2) is 4.20. The maximum absolute atomic E-state index is 10.5. The molecule has 58 valence electrons. The molecule has 0 heterocycles. The fourth-order valence-electron chi connectivity index (χ4n) is 0.419. The maximum Gasteiger partial charge on any atom is 0.151 e. The number of carbonyl (C=O) groups is 1. The van der Waals surface area contributed by atoms with Crippen LogP contribution in [0.2, 0.25) is 0 Å². The molecule has 0 unspecified atom stereocenters. The first-order valence-corrected chi connectivity index (χ1v) is 3.54. The van der Waals surface area contributed by atoms with E-state index in [1.807, 2.05) is 6.92 Å². The van der Waals surface area contributed by atoms with Crippen LogP contribution in [0.5, 0.6) is 0 Å². The summed E-state index contributed by atoms with van der Waals surface area (Å²) < 4.78 is 0. The molecule has 0 fully saturated rings. The highest BCUT2D eigenvalue weighted by Gasteiger charge is 1.97. The van der Waals surface area contributed by atoms with Gasteiger partial charge in [-0.05, 0) is 19.8 Å². The van der Waals surface area contributed by atoms with Crippen molar-refractivity contribution in [1.82, 2.24) is 0 Å². The molecule has 0 aromatic carbocycles. The lowest BCUT2D eigenvalue weighted by Gasteiger charge is -2.01. The van der Waals surface area contributed by atoms with Crippen LogP contribution in [0.3, 0.4) is 0 Å². The predicted molar refractivity (Wildman–Crippen MR) is 43.5 cm³/mol. The third kappa shape index (κ3) is 4.24. The second-order valence-electron chi connectivity index (χ2n) is 2.81. The van der Waals surface area contributed by atoms with Gasteiger partial charge in [-0.3, -0.25) is 9.79 Å². The summed E-state index contributed by atoms with van der Waals surface area (Å²) in [5, 5.41) is 0. The van der Waals surface area contributed by atoms with Gasteiger partial charge in [0, 0.05) is 5.71 Å². The Labute approximate surface area is 62.4 Å². The van der Waals surface area contributed by atoms with Crippen LogP contribution in [0.25, 0.3) is 0 Å². The van der Waals surface area contributed by atoms with Crippen LogP contribution >= 0.6 is 0 Å². The highest BCUT2D eigenvalue weighted by molar-refractivity contribution is 5.87. The predicted octanol–water partition coefficient (Wildman–Crippen LogP) is 1.69. The topological polar surface area (TPSA) is 29.4 Å². The van der Waals surface area contributed by atoms with Crippen LogP contribution in [0.15, 0.2) is 4.99 Å². The molecule has 0 bridgehead atoms. The van der Waals surface area contributed by atoms with Crippen molar-refractivity contribution in [1.29, 1.82) is 0 Å². The van der Waals surface area contributed by atoms with Crippen molar-refractivity contribution in [3.63, 3.8) is 0 Å². The Morgan fingerprint density at radius 2 is 1.90 bits per heavy atom. The fourth-order valence-corrected chi connectivity index (χ4v) is 0.419. The Bertz CT molecular complexity index is 147. The summed E-state index contributed by atoms with van der Waals surface area (Å²) in [5.41, 5.74) is 1.05. The van der Waals surface area contributed by atoms with Gasteiger partial charge in [-0.2, -0.15) is 0 Å². The van der Waals surface area contributed by atoms with Gasteiger partial charge in [-0.15, -0.1) is 0 Å². The van der Waals surface area contributed by atoms with Crippen LogP contribution in [-0.2, 0) is 4.79 Å². The summed E-state index contributed by atoms with van der Waals surface area (Å²) >= 11 is 0. The summed E-state index contributed by atoms with van der Waals surface area (Å²) in [6.07, 6.45) is 0. The average molecular weight is 141 g/mol. The standard InChI is InChI=1S/C8H15NO/c1-6(2)8(4)9-5-7(3)10/h6H,5H2,1-4H3. The zero-order chi connectivity index (χ0) is 8.15. The van der Waals surface area contributed by atoms with Gasteiger partial charge < -0.3 is 0 Å². The fraction of sp³-hybridized carbons (Fsp3) is 0.750. The van der Waals surface area contributed by atoms with Crippen molar-refractivity contribution in [3.8, 4) is 0 Å². The molecule has 0 saturated carbocycles. The van der Waals surface area contributed by atoms with Crippen LogP contribution in [0.4, 0.5) is 0 Å². The molecule has 0 aliphatic rings. The molecule has 0 aliphatic heterocycles. The molecule has 0 saturated heterocycles. The lowest BCUT2D eigenvalue weighted by Crippen LogP contribution is -2.05. The van der Waals surface area contributed by atoms with Crippen molar-refractivity contribution in [3.05, 3.63) is 0 Å². The van der Waals surface area contributed by atoms with Crippen LogP contribution in [-0.4, -0.2) is 18.0 Å². The van der Waals surface area contributed by atoms with Gasteiger partial charge in [0.25, 0.3) is 0 Å². The monoisotopic (exact) mass is 141 g/mol. The lowest BCUT2D eigenvalue weighted by molar-refractivity contribution is -0.115. The van der Waals surface area contributed by atoms with E-state index in [9.17, 15) is 4.79 Å². The lowest BCUT2D eigenvalue weighted by atomic mass is 10.1. The highest BCUT2D eigenvalue weighted by atomic mass is 16.1. The Morgan fingerprint density at radius 3 is 2.20 bits per heavy atom. The smallest absolute Gasteiger partial charge is 0.151 e. The number of hydrogen-bond donors (Lipinski definition) is 0. The largest absolute Gasteiger partial charge is 0.298 e. The number of aliphatic imine (C=N–C) groups is 1. The molecule has 0 aliphatic carbocycles. The van der Waals surface area contributed by atoms with Crippen molar-refractivity contribution >= 4 is 11.5 Å². The maximum atomic E-state index is 10.5. The minimum atomic E-state index is 0.125. The number of carbonyl (C=O) groups excluding carboxylic acids is 1. The third-order valence-electron chi connectivity index (χ3n) is 1.39. The van der Waals surface area contributed by atoms with Crippen molar-refractivity contribution in [2.45, 2.75) is 27.7 Å². The first-order valence-electron chi connectivity index (χ1n) is 3.54. The van der Waals surface area contributed by atoms with Gasteiger partial charge in [0.2, 0.25) is 0 Å². The van der Waals surface area contributed by atoms with E-state index in [0.717, 1.165) is 5.71 Å². The average Bonchev–Trinajstić information content (AvgIpc) is 1.82. The van der Waals surface area contributed by atoms with Crippen LogP contribution in [0.1, 0.15) is 27.7 Å². The van der Waals surface area contributed by atoms with E-state index in [0.29, 0.717) is 12.5 Å². The quantitative estimate of drug-likeness (QED) is 0.550. The molecule has 0 atom stereocenters. The van der Waals surface area contributed by atoms with Gasteiger partial charge in [-0.1, -0.05) is 13.8 Å². The molecular weight excluding hydrogens is 126 g/mol. The molecule has 0 amide bonds. The minimum absolute atomic E-state index is 0.125. The normalized spacial score (nSPS) is 12.3. The van der Waals surface area contributed by atoms with E-state index in [1.54, 1.807) is 6.92 Å². The van der Waals surface area contributed by atoms with E-state index in [-0.39, 0.29) is 5.78 Å². The van der Waals surface area contributed by atoms with Gasteiger partial charge in [0.1, 0.15) is 0 Å². The summed E-state index contributed by atoms with van der Waals surface area (Å²) in [4.78, 5) is 14.6. The van der Waals surface area contributed by atoms with Crippen LogP contribution in [0, 0.1) is 5.92 Å². The SMILES string of the molecule is CC(=O)CN=C(C)C(C)C. The Balaban J connectivity index is 3.80. The van der Waals surface area contributed by atoms with Gasteiger partial charge >= 0.3 is 0 Å². The van der Waals surface area contributed by atoms with Crippen molar-refractivity contribution in [2.24, 2.45) is 10.9 Å². The number of hydrogen-bond acceptors (Lipinski definition) is 2. The summed E-state index contributed by atoms with van der Waals surface area (Å²) in [5.74, 6) is 0.583. The molecule has 0 N–H and O–H groups in total. The van der Waals surface area contributed by atoms with E-state index in [1.165, 1.54) is 0 Å². The van der Waals surface area contributed by atoms with Crippen LogP contribution < -0.4 is 0 Å². The molecule has 0 radical (unpaired) electrons. The number of ketones is 1. The Hall–Kier alpha value is -0.660. The molecule has 10 heavy (non-hydrogen) atoms.